The van der Waals surface area contributed by atoms with Crippen molar-refractivity contribution >= 4 is 11.8 Å². The summed E-state index contributed by atoms with van der Waals surface area (Å²) in [7, 11) is 3.59. The zero-order chi connectivity index (χ0) is 16.2. The molecule has 0 aromatic rings. The van der Waals surface area contributed by atoms with Gasteiger partial charge in [-0.25, -0.2) is 0 Å². The van der Waals surface area contributed by atoms with E-state index >= 15 is 0 Å². The highest BCUT2D eigenvalue weighted by molar-refractivity contribution is 5.82. The number of nitrogens with zero attached hydrogens (tertiary/aromatic N) is 2. The quantitative estimate of drug-likeness (QED) is 0.742. The predicted molar refractivity (Wildman–Crippen MR) is 84.3 cm³/mol. The summed E-state index contributed by atoms with van der Waals surface area (Å²) in [5, 5.41) is 12.4. The molecule has 1 atom stereocenters. The van der Waals surface area contributed by atoms with Crippen molar-refractivity contribution in [2.24, 2.45) is 0 Å². The van der Waals surface area contributed by atoms with E-state index in [2.05, 4.69) is 10.2 Å². The predicted octanol–water partition coefficient (Wildman–Crippen LogP) is 0.350. The van der Waals surface area contributed by atoms with Crippen LogP contribution in [0.1, 0.15) is 44.9 Å². The molecule has 2 aliphatic rings. The van der Waals surface area contributed by atoms with Gasteiger partial charge in [-0.15, -0.1) is 0 Å². The van der Waals surface area contributed by atoms with Crippen LogP contribution in [0.5, 0.6) is 0 Å². The number of hydrogen-bond acceptors (Lipinski definition) is 4. The molecule has 2 fully saturated rings. The number of hydrogen-bond donors (Lipinski definition) is 2. The topological polar surface area (TPSA) is 72.9 Å². The minimum atomic E-state index is -0.715. The number of rotatable bonds is 6. The minimum Gasteiger partial charge on any atom is -0.394 e. The lowest BCUT2D eigenvalue weighted by Crippen LogP contribution is -2.55. The number of nitrogens with one attached hydrogen (secondary N) is 1. The van der Waals surface area contributed by atoms with Crippen molar-refractivity contribution in [2.75, 3.05) is 33.8 Å². The third-order valence-electron chi connectivity index (χ3n) is 5.29. The van der Waals surface area contributed by atoms with Crippen LogP contribution in [-0.2, 0) is 9.59 Å². The van der Waals surface area contributed by atoms with E-state index in [0.717, 1.165) is 19.3 Å². The number of carbonyl (C=O) groups is 2. The molecule has 2 N–H and O–H groups in total. The van der Waals surface area contributed by atoms with E-state index in [1.165, 1.54) is 12.8 Å². The fourth-order valence-corrected chi connectivity index (χ4v) is 3.89. The average Bonchev–Trinajstić information content (AvgIpc) is 3.16. The molecule has 6 nitrogen and oxygen atoms in total. The smallest absolute Gasteiger partial charge is 0.237 e. The highest BCUT2D eigenvalue weighted by atomic mass is 16.3. The maximum Gasteiger partial charge on any atom is 0.237 e. The van der Waals surface area contributed by atoms with Crippen LogP contribution in [-0.4, -0.2) is 72.1 Å². The number of aliphatic hydroxyl groups is 1. The highest BCUT2D eigenvalue weighted by Gasteiger charge is 2.44. The molecule has 0 aromatic carbocycles. The summed E-state index contributed by atoms with van der Waals surface area (Å²) < 4.78 is 0. The normalized spacial score (nSPS) is 25.9. The van der Waals surface area contributed by atoms with Crippen LogP contribution >= 0.6 is 0 Å². The lowest BCUT2D eigenvalue weighted by molar-refractivity contribution is -0.140. The molecule has 22 heavy (non-hydrogen) atoms. The molecule has 2 rings (SSSR count). The van der Waals surface area contributed by atoms with E-state index in [-0.39, 0.29) is 24.8 Å². The van der Waals surface area contributed by atoms with Crippen molar-refractivity contribution < 1.29 is 14.7 Å². The minimum absolute atomic E-state index is 0.0323. The molecule has 1 saturated carbocycles. The van der Waals surface area contributed by atoms with Gasteiger partial charge in [0.2, 0.25) is 11.8 Å². The Morgan fingerprint density at radius 1 is 1.32 bits per heavy atom. The van der Waals surface area contributed by atoms with Crippen molar-refractivity contribution in [3.8, 4) is 0 Å². The summed E-state index contributed by atoms with van der Waals surface area (Å²) in [6.45, 7) is 0.856. The Kier molecular flexibility index (Phi) is 5.81. The molecule has 0 bridgehead atoms. The molecular weight excluding hydrogens is 282 g/mol. The Morgan fingerprint density at radius 3 is 2.59 bits per heavy atom. The van der Waals surface area contributed by atoms with Crippen LogP contribution in [0.2, 0.25) is 0 Å². The van der Waals surface area contributed by atoms with Crippen LogP contribution < -0.4 is 5.32 Å². The zero-order valence-electron chi connectivity index (χ0n) is 13.8. The van der Waals surface area contributed by atoms with Gasteiger partial charge in [-0.05, 0) is 32.7 Å². The number of likely N-dealkylation sites (tertiary alicyclic amines) is 1. The lowest BCUT2D eigenvalue weighted by atomic mass is 9.92. The molecule has 0 unspecified atom stereocenters. The second-order valence-corrected chi connectivity index (χ2v) is 6.73. The van der Waals surface area contributed by atoms with Crippen molar-refractivity contribution in [1.29, 1.82) is 0 Å². The Labute approximate surface area is 132 Å². The summed E-state index contributed by atoms with van der Waals surface area (Å²) >= 11 is 0. The number of amides is 2. The summed E-state index contributed by atoms with van der Waals surface area (Å²) in [4.78, 5) is 28.3. The lowest BCUT2D eigenvalue weighted by Gasteiger charge is -2.38. The molecule has 1 heterocycles. The standard InChI is InChI=1S/C16H29N3O3/c1-17-14(21)10-16(12-20)8-5-9-19(16)15(22)11-18(2)13-6-3-4-7-13/h13,20H,3-12H2,1-2H3,(H,17,21)/t16-/m1/s1. The molecule has 1 saturated heterocycles. The van der Waals surface area contributed by atoms with Gasteiger partial charge in [0.15, 0.2) is 0 Å². The Hall–Kier alpha value is -1.14. The van der Waals surface area contributed by atoms with E-state index in [1.54, 1.807) is 11.9 Å². The van der Waals surface area contributed by atoms with E-state index in [4.69, 9.17) is 0 Å². The molecule has 0 aromatic heterocycles. The van der Waals surface area contributed by atoms with Crippen LogP contribution in [0, 0.1) is 0 Å². The molecule has 6 heteroatoms. The number of aliphatic hydroxyl groups excluding tert-OH is 1. The second-order valence-electron chi connectivity index (χ2n) is 6.73. The van der Waals surface area contributed by atoms with Gasteiger partial charge in [-0.1, -0.05) is 12.8 Å². The van der Waals surface area contributed by atoms with E-state index in [1.807, 2.05) is 7.05 Å². The number of likely N-dealkylation sites (N-methyl/N-ethyl adjacent to an activating group) is 1. The molecule has 126 valence electrons. The van der Waals surface area contributed by atoms with Gasteiger partial charge in [0.1, 0.15) is 0 Å². The first-order valence-corrected chi connectivity index (χ1v) is 8.34. The maximum absolute atomic E-state index is 12.7. The zero-order valence-corrected chi connectivity index (χ0v) is 13.8. The maximum atomic E-state index is 12.7. The van der Waals surface area contributed by atoms with Gasteiger partial charge in [0, 0.05) is 19.6 Å². The second kappa shape index (κ2) is 7.42. The van der Waals surface area contributed by atoms with E-state index in [9.17, 15) is 14.7 Å². The SMILES string of the molecule is CNC(=O)C[C@@]1(CO)CCCN1C(=O)CN(C)C1CCCC1. The van der Waals surface area contributed by atoms with Gasteiger partial charge in [0.25, 0.3) is 0 Å². The van der Waals surface area contributed by atoms with E-state index < -0.39 is 5.54 Å². The van der Waals surface area contributed by atoms with Gasteiger partial charge in [-0.2, -0.15) is 0 Å². The molecular formula is C16H29N3O3. The molecule has 0 radical (unpaired) electrons. The fourth-order valence-electron chi connectivity index (χ4n) is 3.89. The molecule has 1 aliphatic heterocycles. The largest absolute Gasteiger partial charge is 0.394 e. The summed E-state index contributed by atoms with van der Waals surface area (Å²) in [6.07, 6.45) is 6.51. The first-order valence-electron chi connectivity index (χ1n) is 8.34. The van der Waals surface area contributed by atoms with Gasteiger partial charge in [-0.3, -0.25) is 14.5 Å². The number of carbonyl (C=O) groups excluding carboxylic acids is 2. The van der Waals surface area contributed by atoms with Crippen LogP contribution in [0.3, 0.4) is 0 Å². The monoisotopic (exact) mass is 311 g/mol. The van der Waals surface area contributed by atoms with Gasteiger partial charge < -0.3 is 15.3 Å². The molecule has 2 amide bonds. The third-order valence-corrected chi connectivity index (χ3v) is 5.29. The van der Waals surface area contributed by atoms with Gasteiger partial charge in [0.05, 0.1) is 25.1 Å². The van der Waals surface area contributed by atoms with Gasteiger partial charge >= 0.3 is 0 Å². The summed E-state index contributed by atoms with van der Waals surface area (Å²) in [5.41, 5.74) is -0.715. The van der Waals surface area contributed by atoms with Crippen LogP contribution in [0.15, 0.2) is 0 Å². The van der Waals surface area contributed by atoms with Crippen molar-refractivity contribution in [2.45, 2.75) is 56.5 Å². The molecule has 1 aliphatic carbocycles. The Bertz CT molecular complexity index is 409. The Morgan fingerprint density at radius 2 is 2.00 bits per heavy atom. The first kappa shape index (κ1) is 17.2. The summed E-state index contributed by atoms with van der Waals surface area (Å²) in [5.74, 6) is -0.0947. The first-order chi connectivity index (χ1) is 10.5. The fraction of sp³-hybridized carbons (Fsp3) is 0.875. The average molecular weight is 311 g/mol. The van der Waals surface area contributed by atoms with Crippen molar-refractivity contribution in [3.63, 3.8) is 0 Å². The van der Waals surface area contributed by atoms with Crippen LogP contribution in [0.25, 0.3) is 0 Å². The van der Waals surface area contributed by atoms with E-state index in [0.29, 0.717) is 25.6 Å². The van der Waals surface area contributed by atoms with Crippen LogP contribution in [0.4, 0.5) is 0 Å². The highest BCUT2D eigenvalue weighted by Crippen LogP contribution is 2.33. The van der Waals surface area contributed by atoms with Crippen molar-refractivity contribution in [1.82, 2.24) is 15.1 Å². The third kappa shape index (κ3) is 3.60. The molecule has 0 spiro atoms. The summed E-state index contributed by atoms with van der Waals surface area (Å²) in [6, 6.07) is 0.494. The van der Waals surface area contributed by atoms with Crippen molar-refractivity contribution in [3.05, 3.63) is 0 Å². The Balaban J connectivity index is 2.01.